The molecule has 1 aliphatic heterocycles. The Morgan fingerprint density at radius 2 is 2.30 bits per heavy atom. The molecular formula is C14H21N3O3. The largest absolute Gasteiger partial charge is 0.481 e. The standard InChI is InChI=1S/C14H21N3O3/c1-4-10-15-11(7-12(18)16-10)17-6-5-14(8-17,9(2)3)13(19)20/h7,9H,4-6,8H2,1-3H3,(H,19,20)(H,15,16,18). The summed E-state index contributed by atoms with van der Waals surface area (Å²) in [6.45, 7) is 6.80. The minimum Gasteiger partial charge on any atom is -0.481 e. The van der Waals surface area contributed by atoms with Crippen molar-refractivity contribution in [3.63, 3.8) is 0 Å². The van der Waals surface area contributed by atoms with E-state index < -0.39 is 11.4 Å². The van der Waals surface area contributed by atoms with Crippen LogP contribution in [0.4, 0.5) is 5.82 Å². The van der Waals surface area contributed by atoms with E-state index in [0.717, 1.165) is 0 Å². The number of aromatic amines is 1. The Morgan fingerprint density at radius 3 is 2.80 bits per heavy atom. The molecule has 0 amide bonds. The van der Waals surface area contributed by atoms with Crippen LogP contribution in [0.15, 0.2) is 10.9 Å². The van der Waals surface area contributed by atoms with E-state index in [2.05, 4.69) is 9.97 Å². The summed E-state index contributed by atoms with van der Waals surface area (Å²) in [5.74, 6) is 0.479. The second-order valence-electron chi connectivity index (χ2n) is 5.69. The zero-order valence-electron chi connectivity index (χ0n) is 12.1. The number of rotatable bonds is 4. The van der Waals surface area contributed by atoms with Gasteiger partial charge in [0, 0.05) is 25.6 Å². The number of aromatic nitrogens is 2. The Labute approximate surface area is 117 Å². The Bertz CT molecular complexity index is 567. The maximum Gasteiger partial charge on any atom is 0.311 e. The van der Waals surface area contributed by atoms with Gasteiger partial charge in [-0.2, -0.15) is 0 Å². The van der Waals surface area contributed by atoms with Crippen molar-refractivity contribution >= 4 is 11.8 Å². The molecule has 6 heteroatoms. The van der Waals surface area contributed by atoms with E-state index in [9.17, 15) is 14.7 Å². The van der Waals surface area contributed by atoms with E-state index in [4.69, 9.17) is 0 Å². The molecule has 2 rings (SSSR count). The summed E-state index contributed by atoms with van der Waals surface area (Å²) in [5, 5.41) is 9.54. The highest BCUT2D eigenvalue weighted by molar-refractivity contribution is 5.77. The summed E-state index contributed by atoms with van der Waals surface area (Å²) < 4.78 is 0. The van der Waals surface area contributed by atoms with E-state index in [-0.39, 0.29) is 11.5 Å². The van der Waals surface area contributed by atoms with Crippen molar-refractivity contribution < 1.29 is 9.90 Å². The zero-order valence-corrected chi connectivity index (χ0v) is 12.1. The van der Waals surface area contributed by atoms with Gasteiger partial charge >= 0.3 is 5.97 Å². The number of carbonyl (C=O) groups is 1. The van der Waals surface area contributed by atoms with Gasteiger partial charge in [0.15, 0.2) is 0 Å². The molecule has 1 atom stereocenters. The van der Waals surface area contributed by atoms with Gasteiger partial charge in [-0.25, -0.2) is 4.98 Å². The number of nitrogens with one attached hydrogen (secondary N) is 1. The fourth-order valence-electron chi connectivity index (χ4n) is 2.74. The number of nitrogens with zero attached hydrogens (tertiary/aromatic N) is 2. The van der Waals surface area contributed by atoms with Gasteiger partial charge in [-0.1, -0.05) is 20.8 Å². The molecule has 0 radical (unpaired) electrons. The molecule has 6 nitrogen and oxygen atoms in total. The highest BCUT2D eigenvalue weighted by Gasteiger charge is 2.47. The molecule has 0 saturated carbocycles. The average molecular weight is 279 g/mol. The minimum absolute atomic E-state index is 0.0395. The highest BCUT2D eigenvalue weighted by atomic mass is 16.4. The molecule has 1 aliphatic rings. The number of carboxylic acid groups (broad SMARTS) is 1. The lowest BCUT2D eigenvalue weighted by Gasteiger charge is -2.28. The van der Waals surface area contributed by atoms with E-state index in [0.29, 0.717) is 37.6 Å². The van der Waals surface area contributed by atoms with Crippen molar-refractivity contribution in [2.75, 3.05) is 18.0 Å². The molecule has 0 spiro atoms. The molecule has 1 unspecified atom stereocenters. The number of carboxylic acids is 1. The van der Waals surface area contributed by atoms with Crippen LogP contribution in [0, 0.1) is 11.3 Å². The van der Waals surface area contributed by atoms with Crippen molar-refractivity contribution in [2.45, 2.75) is 33.6 Å². The van der Waals surface area contributed by atoms with Crippen LogP contribution in [0.2, 0.25) is 0 Å². The molecule has 1 aromatic heterocycles. The lowest BCUT2D eigenvalue weighted by atomic mass is 9.76. The maximum absolute atomic E-state index is 11.6. The van der Waals surface area contributed by atoms with Crippen molar-refractivity contribution in [3.05, 3.63) is 22.2 Å². The second-order valence-corrected chi connectivity index (χ2v) is 5.69. The minimum atomic E-state index is -0.768. The summed E-state index contributed by atoms with van der Waals surface area (Å²) >= 11 is 0. The predicted molar refractivity (Wildman–Crippen MR) is 76.0 cm³/mol. The van der Waals surface area contributed by atoms with E-state index in [1.807, 2.05) is 25.7 Å². The number of H-pyrrole nitrogens is 1. The van der Waals surface area contributed by atoms with Gasteiger partial charge in [0.05, 0.1) is 5.41 Å². The number of hydrogen-bond acceptors (Lipinski definition) is 4. The Kier molecular flexibility index (Phi) is 3.83. The SMILES string of the molecule is CCc1nc(N2CCC(C(=O)O)(C(C)C)C2)cc(=O)[nH]1. The molecule has 0 bridgehead atoms. The molecule has 1 aromatic rings. The molecule has 0 aliphatic carbocycles. The molecule has 110 valence electrons. The summed E-state index contributed by atoms with van der Waals surface area (Å²) in [4.78, 5) is 32.2. The van der Waals surface area contributed by atoms with Crippen LogP contribution in [-0.4, -0.2) is 34.1 Å². The number of aliphatic carboxylic acids is 1. The van der Waals surface area contributed by atoms with Crippen molar-refractivity contribution in [2.24, 2.45) is 11.3 Å². The molecular weight excluding hydrogens is 258 g/mol. The highest BCUT2D eigenvalue weighted by Crippen LogP contribution is 2.39. The van der Waals surface area contributed by atoms with Crippen LogP contribution in [0.5, 0.6) is 0 Å². The van der Waals surface area contributed by atoms with Gasteiger partial charge in [-0.05, 0) is 12.3 Å². The molecule has 20 heavy (non-hydrogen) atoms. The molecule has 0 aromatic carbocycles. The van der Waals surface area contributed by atoms with Crippen molar-refractivity contribution in [3.8, 4) is 0 Å². The fourth-order valence-corrected chi connectivity index (χ4v) is 2.74. The quantitative estimate of drug-likeness (QED) is 0.866. The first kappa shape index (κ1) is 14.6. The summed E-state index contributed by atoms with van der Waals surface area (Å²) in [5.41, 5.74) is -0.944. The van der Waals surface area contributed by atoms with Crippen LogP contribution in [0.1, 0.15) is 33.0 Å². The van der Waals surface area contributed by atoms with Gasteiger partial charge in [0.1, 0.15) is 11.6 Å². The normalized spacial score (nSPS) is 22.5. The van der Waals surface area contributed by atoms with E-state index >= 15 is 0 Å². The van der Waals surface area contributed by atoms with Crippen LogP contribution >= 0.6 is 0 Å². The maximum atomic E-state index is 11.6. The average Bonchev–Trinajstić information content (AvgIpc) is 2.84. The number of anilines is 1. The smallest absolute Gasteiger partial charge is 0.311 e. The monoisotopic (exact) mass is 279 g/mol. The van der Waals surface area contributed by atoms with E-state index in [1.54, 1.807) is 0 Å². The topological polar surface area (TPSA) is 86.3 Å². The molecule has 2 N–H and O–H groups in total. The van der Waals surface area contributed by atoms with Gasteiger partial charge in [-0.15, -0.1) is 0 Å². The first-order chi connectivity index (χ1) is 9.39. The molecule has 2 heterocycles. The van der Waals surface area contributed by atoms with Crippen LogP contribution in [0.3, 0.4) is 0 Å². The lowest BCUT2D eigenvalue weighted by Crippen LogP contribution is -2.39. The second kappa shape index (κ2) is 5.26. The third-order valence-electron chi connectivity index (χ3n) is 4.27. The van der Waals surface area contributed by atoms with E-state index in [1.165, 1.54) is 6.07 Å². The van der Waals surface area contributed by atoms with Gasteiger partial charge < -0.3 is 15.0 Å². The van der Waals surface area contributed by atoms with Crippen LogP contribution < -0.4 is 10.5 Å². The summed E-state index contributed by atoms with van der Waals surface area (Å²) in [6.07, 6.45) is 1.22. The molecule has 1 saturated heterocycles. The lowest BCUT2D eigenvalue weighted by molar-refractivity contribution is -0.150. The fraction of sp³-hybridized carbons (Fsp3) is 0.643. The van der Waals surface area contributed by atoms with Gasteiger partial charge in [0.25, 0.3) is 5.56 Å². The van der Waals surface area contributed by atoms with Gasteiger partial charge in [0.2, 0.25) is 0 Å². The van der Waals surface area contributed by atoms with Crippen LogP contribution in [-0.2, 0) is 11.2 Å². The van der Waals surface area contributed by atoms with Crippen molar-refractivity contribution in [1.29, 1.82) is 0 Å². The van der Waals surface area contributed by atoms with Gasteiger partial charge in [-0.3, -0.25) is 9.59 Å². The Morgan fingerprint density at radius 1 is 1.60 bits per heavy atom. The Balaban J connectivity index is 2.31. The van der Waals surface area contributed by atoms with Crippen molar-refractivity contribution in [1.82, 2.24) is 9.97 Å². The number of aryl methyl sites for hydroxylation is 1. The zero-order chi connectivity index (χ0) is 14.9. The van der Waals surface area contributed by atoms with Crippen LogP contribution in [0.25, 0.3) is 0 Å². The third kappa shape index (κ3) is 2.42. The third-order valence-corrected chi connectivity index (χ3v) is 4.27. The summed E-state index contributed by atoms with van der Waals surface area (Å²) in [6, 6.07) is 1.44. The Hall–Kier alpha value is -1.85. The summed E-state index contributed by atoms with van der Waals surface area (Å²) in [7, 11) is 0. The predicted octanol–water partition coefficient (Wildman–Crippen LogP) is 1.27. The first-order valence-electron chi connectivity index (χ1n) is 6.97. The number of hydrogen-bond donors (Lipinski definition) is 2. The molecule has 1 fully saturated rings. The first-order valence-corrected chi connectivity index (χ1v) is 6.97.